The summed E-state index contributed by atoms with van der Waals surface area (Å²) < 4.78 is 0. The minimum atomic E-state index is 1.10. The van der Waals surface area contributed by atoms with Crippen LogP contribution < -0.4 is 5.32 Å². The highest BCUT2D eigenvalue weighted by Gasteiger charge is 2.20. The Morgan fingerprint density at radius 1 is 1.60 bits per heavy atom. The van der Waals surface area contributed by atoms with Crippen LogP contribution in [0.3, 0.4) is 0 Å². The highest BCUT2D eigenvalue weighted by molar-refractivity contribution is 8.03. The average Bonchev–Trinajstić information content (AvgIpc) is 2.33. The van der Waals surface area contributed by atoms with Crippen LogP contribution in [-0.4, -0.2) is 30.9 Å². The zero-order chi connectivity index (χ0) is 6.97. The topological polar surface area (TPSA) is 15.3 Å². The van der Waals surface area contributed by atoms with Gasteiger partial charge in [-0.2, -0.15) is 0 Å². The minimum absolute atomic E-state index is 1.10. The molecule has 0 aromatic carbocycles. The molecule has 0 atom stereocenters. The van der Waals surface area contributed by atoms with E-state index in [0.29, 0.717) is 0 Å². The molecule has 2 heterocycles. The molecule has 2 aliphatic heterocycles. The maximum Gasteiger partial charge on any atom is 0.0652 e. The molecule has 0 unspecified atom stereocenters. The fourth-order valence-electron chi connectivity index (χ4n) is 1.39. The highest BCUT2D eigenvalue weighted by Crippen LogP contribution is 2.29. The van der Waals surface area contributed by atoms with Crippen LogP contribution in [0.2, 0.25) is 0 Å². The van der Waals surface area contributed by atoms with Crippen molar-refractivity contribution in [2.45, 2.75) is 6.42 Å². The molecular formula is C7H12N2S. The predicted molar refractivity (Wildman–Crippen MR) is 44.7 cm³/mol. The molecule has 0 aromatic heterocycles. The van der Waals surface area contributed by atoms with E-state index < -0.39 is 0 Å². The fourth-order valence-corrected chi connectivity index (χ4v) is 2.47. The Bertz CT molecular complexity index is 176. The van der Waals surface area contributed by atoms with Crippen LogP contribution >= 0.6 is 11.8 Å². The number of nitrogens with zero attached hydrogens (tertiary/aromatic N) is 1. The van der Waals surface area contributed by atoms with Crippen LogP contribution in [0.4, 0.5) is 0 Å². The summed E-state index contributed by atoms with van der Waals surface area (Å²) in [7, 11) is 2.18. The largest absolute Gasteiger partial charge is 0.378 e. The molecule has 0 aromatic rings. The number of thioether (sulfide) groups is 1. The summed E-state index contributed by atoms with van der Waals surface area (Å²) >= 11 is 1.96. The second kappa shape index (κ2) is 2.47. The highest BCUT2D eigenvalue weighted by atomic mass is 32.2. The Morgan fingerprint density at radius 3 is 3.40 bits per heavy atom. The van der Waals surface area contributed by atoms with E-state index in [0.717, 1.165) is 12.4 Å². The van der Waals surface area contributed by atoms with E-state index >= 15 is 0 Å². The summed E-state index contributed by atoms with van der Waals surface area (Å²) in [5.41, 5.74) is 1.50. The summed E-state index contributed by atoms with van der Waals surface area (Å²) in [5, 5.41) is 3.40. The first-order chi connectivity index (χ1) is 4.86. The van der Waals surface area contributed by atoms with Gasteiger partial charge in [0.15, 0.2) is 0 Å². The van der Waals surface area contributed by atoms with Crippen molar-refractivity contribution in [3.05, 3.63) is 10.6 Å². The van der Waals surface area contributed by atoms with Gasteiger partial charge < -0.3 is 10.2 Å². The number of rotatable bonds is 0. The van der Waals surface area contributed by atoms with Gasteiger partial charge >= 0.3 is 0 Å². The molecule has 0 saturated carbocycles. The lowest BCUT2D eigenvalue weighted by Crippen LogP contribution is -2.27. The van der Waals surface area contributed by atoms with E-state index in [1.807, 2.05) is 11.8 Å². The van der Waals surface area contributed by atoms with Gasteiger partial charge in [-0.1, -0.05) is 0 Å². The molecule has 0 amide bonds. The third-order valence-electron chi connectivity index (χ3n) is 2.03. The van der Waals surface area contributed by atoms with Gasteiger partial charge in [-0.15, -0.1) is 11.8 Å². The van der Waals surface area contributed by atoms with Crippen molar-refractivity contribution in [3.8, 4) is 0 Å². The number of hydrogen-bond acceptors (Lipinski definition) is 3. The standard InChI is InChI=1S/C7H12N2S/c1-9-3-2-6-7(4-9)10-5-8-6/h8H,2-5H2,1H3. The van der Waals surface area contributed by atoms with E-state index in [4.69, 9.17) is 0 Å². The van der Waals surface area contributed by atoms with E-state index in [2.05, 4.69) is 17.3 Å². The van der Waals surface area contributed by atoms with Crippen molar-refractivity contribution in [1.82, 2.24) is 10.2 Å². The Morgan fingerprint density at radius 2 is 2.50 bits per heavy atom. The van der Waals surface area contributed by atoms with Gasteiger partial charge in [0.2, 0.25) is 0 Å². The molecule has 2 nitrogen and oxygen atoms in total. The van der Waals surface area contributed by atoms with Gasteiger partial charge in [-0.05, 0) is 7.05 Å². The maximum atomic E-state index is 3.40. The summed E-state index contributed by atoms with van der Waals surface area (Å²) in [5.74, 6) is 1.10. The maximum absolute atomic E-state index is 3.40. The van der Waals surface area contributed by atoms with Crippen molar-refractivity contribution in [2.24, 2.45) is 0 Å². The Kier molecular flexibility index (Phi) is 1.62. The molecule has 3 heteroatoms. The van der Waals surface area contributed by atoms with E-state index in [-0.39, 0.29) is 0 Å². The Balaban J connectivity index is 2.13. The van der Waals surface area contributed by atoms with Gasteiger partial charge in [-0.25, -0.2) is 0 Å². The predicted octanol–water partition coefficient (Wildman–Crippen LogP) is 0.827. The van der Waals surface area contributed by atoms with Gasteiger partial charge in [0.05, 0.1) is 5.88 Å². The summed E-state index contributed by atoms with van der Waals surface area (Å²) in [4.78, 5) is 3.94. The molecule has 0 aliphatic carbocycles. The van der Waals surface area contributed by atoms with Crippen molar-refractivity contribution < 1.29 is 0 Å². The fraction of sp³-hybridized carbons (Fsp3) is 0.714. The zero-order valence-electron chi connectivity index (χ0n) is 6.18. The molecule has 0 saturated heterocycles. The van der Waals surface area contributed by atoms with Crippen LogP contribution in [0, 0.1) is 0 Å². The Labute approximate surface area is 65.7 Å². The van der Waals surface area contributed by atoms with Gasteiger partial charge in [0.25, 0.3) is 0 Å². The molecule has 0 bridgehead atoms. The van der Waals surface area contributed by atoms with Crippen LogP contribution in [0.1, 0.15) is 6.42 Å². The first kappa shape index (κ1) is 6.55. The van der Waals surface area contributed by atoms with Gasteiger partial charge in [0, 0.05) is 30.1 Å². The van der Waals surface area contributed by atoms with Crippen molar-refractivity contribution in [1.29, 1.82) is 0 Å². The summed E-state index contributed by atoms with van der Waals surface area (Å²) in [6.07, 6.45) is 1.22. The van der Waals surface area contributed by atoms with Gasteiger partial charge in [-0.3, -0.25) is 0 Å². The van der Waals surface area contributed by atoms with Crippen LogP contribution in [0.5, 0.6) is 0 Å². The second-order valence-electron chi connectivity index (χ2n) is 2.85. The molecule has 0 fully saturated rings. The van der Waals surface area contributed by atoms with E-state index in [1.165, 1.54) is 18.7 Å². The SMILES string of the molecule is CN1CCC2=C(C1)SCN2. The summed E-state index contributed by atoms with van der Waals surface area (Å²) in [6, 6.07) is 0. The quantitative estimate of drug-likeness (QED) is 0.559. The molecule has 0 radical (unpaired) electrons. The lowest BCUT2D eigenvalue weighted by atomic mass is 10.2. The van der Waals surface area contributed by atoms with Crippen molar-refractivity contribution in [2.75, 3.05) is 26.0 Å². The van der Waals surface area contributed by atoms with Crippen LogP contribution in [-0.2, 0) is 0 Å². The zero-order valence-corrected chi connectivity index (χ0v) is 7.00. The van der Waals surface area contributed by atoms with E-state index in [1.54, 1.807) is 4.91 Å². The van der Waals surface area contributed by atoms with Crippen molar-refractivity contribution >= 4 is 11.8 Å². The minimum Gasteiger partial charge on any atom is -0.378 e. The normalized spacial score (nSPS) is 26.5. The number of nitrogens with one attached hydrogen (secondary N) is 1. The smallest absolute Gasteiger partial charge is 0.0652 e. The second-order valence-corrected chi connectivity index (χ2v) is 3.93. The molecule has 2 aliphatic rings. The Hall–Kier alpha value is -0.150. The summed E-state index contributed by atoms with van der Waals surface area (Å²) in [6.45, 7) is 2.37. The monoisotopic (exact) mass is 156 g/mol. The van der Waals surface area contributed by atoms with Crippen LogP contribution in [0.15, 0.2) is 10.6 Å². The first-order valence-corrected chi connectivity index (χ1v) is 4.62. The third-order valence-corrected chi connectivity index (χ3v) is 3.04. The number of hydrogen-bond donors (Lipinski definition) is 1. The first-order valence-electron chi connectivity index (χ1n) is 3.63. The lowest BCUT2D eigenvalue weighted by Gasteiger charge is -2.22. The average molecular weight is 156 g/mol. The van der Waals surface area contributed by atoms with Gasteiger partial charge in [0.1, 0.15) is 0 Å². The molecular weight excluding hydrogens is 144 g/mol. The van der Waals surface area contributed by atoms with Crippen LogP contribution in [0.25, 0.3) is 0 Å². The van der Waals surface area contributed by atoms with Crippen molar-refractivity contribution in [3.63, 3.8) is 0 Å². The third kappa shape index (κ3) is 1.04. The molecule has 10 heavy (non-hydrogen) atoms. The molecule has 0 spiro atoms. The number of likely N-dealkylation sites (N-methyl/N-ethyl adjacent to an activating group) is 1. The van der Waals surface area contributed by atoms with E-state index in [9.17, 15) is 0 Å². The molecule has 1 N–H and O–H groups in total. The lowest BCUT2D eigenvalue weighted by molar-refractivity contribution is 0.353. The molecule has 2 rings (SSSR count). The molecule has 56 valence electrons.